The Hall–Kier alpha value is -4.25. The first-order chi connectivity index (χ1) is 20.2. The van der Waals surface area contributed by atoms with Gasteiger partial charge >= 0.3 is 29.6 Å². The summed E-state index contributed by atoms with van der Waals surface area (Å²) in [6.45, 7) is 0.713. The second-order valence-electron chi connectivity index (χ2n) is 9.86. The minimum Gasteiger partial charge on any atom is -0.744 e. The number of fused-ring (bicyclic) bond motifs is 2. The molecule has 0 amide bonds. The molecule has 4 N–H and O–H groups in total. The second-order valence-corrected chi connectivity index (χ2v) is 11.2. The number of benzene rings is 5. The molecule has 0 atom stereocenters. The number of ketones is 2. The van der Waals surface area contributed by atoms with Crippen LogP contribution < -0.4 is 45.9 Å². The molecule has 0 bridgehead atoms. The fourth-order valence-electron chi connectivity index (χ4n) is 5.08. The Morgan fingerprint density at radius 3 is 1.74 bits per heavy atom. The van der Waals surface area contributed by atoms with Crippen molar-refractivity contribution in [3.63, 3.8) is 0 Å². The minimum atomic E-state index is -5.05. The summed E-state index contributed by atoms with van der Waals surface area (Å²) in [4.78, 5) is 26.1. The van der Waals surface area contributed by atoms with E-state index in [4.69, 9.17) is 5.73 Å². The zero-order valence-corrected chi connectivity index (χ0v) is 25.9. The molecular formula is C33H24N3NaO5S. The number of carbonyl (C=O) groups is 2. The van der Waals surface area contributed by atoms with Gasteiger partial charge < -0.3 is 20.9 Å². The van der Waals surface area contributed by atoms with Crippen LogP contribution in [-0.4, -0.2) is 24.5 Å². The van der Waals surface area contributed by atoms with Crippen LogP contribution in [0.4, 0.5) is 22.7 Å². The van der Waals surface area contributed by atoms with Crippen LogP contribution in [0.3, 0.4) is 0 Å². The number of carbonyl (C=O) groups excluding carboxylic acids is 2. The SMILES string of the molecule is Nc1c(S(=O)(=O)[O-])cc(Nc2ccc(-c3ccc(NCc4ccccc4)cc3)cc2)c2c1C(=O)c1ccccc1C2=O.[Na+]. The van der Waals surface area contributed by atoms with E-state index >= 15 is 0 Å². The molecule has 10 heteroatoms. The smallest absolute Gasteiger partial charge is 0.744 e. The zero-order chi connectivity index (χ0) is 29.4. The van der Waals surface area contributed by atoms with Crippen LogP contribution in [0.15, 0.2) is 114 Å². The van der Waals surface area contributed by atoms with Crippen LogP contribution in [-0.2, 0) is 16.7 Å². The quantitative estimate of drug-likeness (QED) is 0.145. The predicted octanol–water partition coefficient (Wildman–Crippen LogP) is 2.98. The Morgan fingerprint density at radius 2 is 1.19 bits per heavy atom. The normalized spacial score (nSPS) is 12.1. The Labute approximate surface area is 271 Å². The van der Waals surface area contributed by atoms with Crippen molar-refractivity contribution in [3.05, 3.63) is 137 Å². The van der Waals surface area contributed by atoms with Gasteiger partial charge in [-0.05, 0) is 47.0 Å². The van der Waals surface area contributed by atoms with Crippen LogP contribution in [0, 0.1) is 0 Å². The summed E-state index contributed by atoms with van der Waals surface area (Å²) in [6.07, 6.45) is 0. The van der Waals surface area contributed by atoms with Gasteiger partial charge in [0.1, 0.15) is 10.1 Å². The summed E-state index contributed by atoms with van der Waals surface area (Å²) < 4.78 is 36.2. The molecule has 6 rings (SSSR count). The molecule has 0 aromatic heterocycles. The first kappa shape index (κ1) is 30.2. The number of hydrogen-bond donors (Lipinski definition) is 3. The molecule has 8 nitrogen and oxygen atoms in total. The summed E-state index contributed by atoms with van der Waals surface area (Å²) in [5.41, 5.74) is 9.98. The van der Waals surface area contributed by atoms with E-state index in [9.17, 15) is 22.6 Å². The third kappa shape index (κ3) is 5.99. The summed E-state index contributed by atoms with van der Waals surface area (Å²) in [5.74, 6) is -1.12. The van der Waals surface area contributed by atoms with Gasteiger partial charge in [0.05, 0.1) is 27.4 Å². The van der Waals surface area contributed by atoms with Crippen LogP contribution >= 0.6 is 0 Å². The Balaban J connectivity index is 0.00000368. The molecule has 0 fully saturated rings. The van der Waals surface area contributed by atoms with E-state index in [1.165, 1.54) is 17.7 Å². The van der Waals surface area contributed by atoms with Crippen molar-refractivity contribution < 1.29 is 52.1 Å². The number of anilines is 4. The van der Waals surface area contributed by atoms with E-state index in [2.05, 4.69) is 22.8 Å². The maximum atomic E-state index is 13.5. The molecule has 0 saturated carbocycles. The topological polar surface area (TPSA) is 141 Å². The Morgan fingerprint density at radius 1 is 0.674 bits per heavy atom. The number of nitrogens with two attached hydrogens (primary N) is 1. The fraction of sp³-hybridized carbons (Fsp3) is 0.0303. The number of nitrogen functional groups attached to an aromatic ring is 1. The fourth-order valence-corrected chi connectivity index (χ4v) is 5.71. The summed E-state index contributed by atoms with van der Waals surface area (Å²) >= 11 is 0. The standard InChI is InChI=1S/C33H25N3O5S.Na/c34-31-28(42(39,40)41)18-27(29-30(31)33(38)26-9-5-4-8-25(26)32(29)37)36-24-16-12-22(13-17-24)21-10-14-23(15-11-21)35-19-20-6-2-1-3-7-20;/h1-18,35-36H,19,34H2,(H,39,40,41);/q;+1/p-1. The van der Waals surface area contributed by atoms with E-state index in [0.717, 1.165) is 22.9 Å². The van der Waals surface area contributed by atoms with Gasteiger partial charge in [-0.3, -0.25) is 9.59 Å². The first-order valence-electron chi connectivity index (χ1n) is 13.1. The van der Waals surface area contributed by atoms with Crippen molar-refractivity contribution >= 4 is 44.4 Å². The summed E-state index contributed by atoms with van der Waals surface area (Å²) in [7, 11) is -5.05. The molecule has 43 heavy (non-hydrogen) atoms. The van der Waals surface area contributed by atoms with Gasteiger partial charge in [-0.1, -0.05) is 78.9 Å². The average Bonchev–Trinajstić information content (AvgIpc) is 3.00. The van der Waals surface area contributed by atoms with Crippen molar-refractivity contribution in [2.24, 2.45) is 0 Å². The number of rotatable bonds is 7. The predicted molar refractivity (Wildman–Crippen MR) is 161 cm³/mol. The molecule has 0 heterocycles. The molecule has 0 saturated heterocycles. The Bertz CT molecular complexity index is 1960. The molecule has 0 spiro atoms. The van der Waals surface area contributed by atoms with Crippen LogP contribution in [0.25, 0.3) is 11.1 Å². The largest absolute Gasteiger partial charge is 1.00 e. The summed E-state index contributed by atoms with van der Waals surface area (Å²) in [5, 5.41) is 6.43. The zero-order valence-electron chi connectivity index (χ0n) is 23.1. The van der Waals surface area contributed by atoms with E-state index < -0.39 is 32.3 Å². The maximum Gasteiger partial charge on any atom is 1.00 e. The van der Waals surface area contributed by atoms with Gasteiger partial charge in [0.25, 0.3) is 0 Å². The van der Waals surface area contributed by atoms with E-state index in [1.54, 1.807) is 24.3 Å². The van der Waals surface area contributed by atoms with Gasteiger partial charge in [0, 0.05) is 29.0 Å². The van der Waals surface area contributed by atoms with Crippen molar-refractivity contribution in [3.8, 4) is 11.1 Å². The Kier molecular flexibility index (Phi) is 8.55. The van der Waals surface area contributed by atoms with Gasteiger partial charge in [0.15, 0.2) is 11.6 Å². The minimum absolute atomic E-state index is 0. The molecule has 5 aromatic rings. The van der Waals surface area contributed by atoms with Crippen molar-refractivity contribution in [1.29, 1.82) is 0 Å². The molecule has 5 aromatic carbocycles. The van der Waals surface area contributed by atoms with E-state index in [0.29, 0.717) is 12.2 Å². The van der Waals surface area contributed by atoms with Gasteiger partial charge in [-0.2, -0.15) is 0 Å². The third-order valence-electron chi connectivity index (χ3n) is 7.19. The van der Waals surface area contributed by atoms with E-state index in [-0.39, 0.29) is 57.5 Å². The summed E-state index contributed by atoms with van der Waals surface area (Å²) in [6, 6.07) is 32.6. The van der Waals surface area contributed by atoms with Crippen LogP contribution in [0.5, 0.6) is 0 Å². The van der Waals surface area contributed by atoms with Crippen molar-refractivity contribution in [1.82, 2.24) is 0 Å². The van der Waals surface area contributed by atoms with Gasteiger partial charge in [-0.15, -0.1) is 0 Å². The molecular weight excluding hydrogens is 573 g/mol. The molecule has 0 unspecified atom stereocenters. The molecule has 0 radical (unpaired) electrons. The van der Waals surface area contributed by atoms with Gasteiger partial charge in [-0.25, -0.2) is 8.42 Å². The van der Waals surface area contributed by atoms with E-state index in [1.807, 2.05) is 54.6 Å². The molecule has 1 aliphatic rings. The molecule has 1 aliphatic carbocycles. The van der Waals surface area contributed by atoms with Crippen LogP contribution in [0.1, 0.15) is 37.4 Å². The first-order valence-corrected chi connectivity index (χ1v) is 14.5. The van der Waals surface area contributed by atoms with Crippen molar-refractivity contribution in [2.45, 2.75) is 11.4 Å². The number of hydrogen-bond acceptors (Lipinski definition) is 8. The maximum absolute atomic E-state index is 13.5. The monoisotopic (exact) mass is 597 g/mol. The number of nitrogens with one attached hydrogen (secondary N) is 2. The molecule has 0 aliphatic heterocycles. The molecule has 208 valence electrons. The van der Waals surface area contributed by atoms with Gasteiger partial charge in [0.2, 0.25) is 0 Å². The van der Waals surface area contributed by atoms with Crippen molar-refractivity contribution in [2.75, 3.05) is 16.4 Å². The van der Waals surface area contributed by atoms with Crippen LogP contribution in [0.2, 0.25) is 0 Å². The third-order valence-corrected chi connectivity index (χ3v) is 8.07. The second kappa shape index (κ2) is 12.2. The average molecular weight is 598 g/mol.